The van der Waals surface area contributed by atoms with Gasteiger partial charge in [-0.05, 0) is 63.4 Å². The molecule has 0 bridgehead atoms. The lowest BCUT2D eigenvalue weighted by Gasteiger charge is -2.50. The average Bonchev–Trinajstić information content (AvgIpc) is 2.43. The van der Waals surface area contributed by atoms with Crippen molar-refractivity contribution in [2.75, 3.05) is 12.0 Å². The number of rotatable bonds is 4. The lowest BCUT2D eigenvalue weighted by molar-refractivity contribution is -0.181. The first-order chi connectivity index (χ1) is 9.03. The van der Waals surface area contributed by atoms with E-state index in [1.54, 1.807) is 0 Å². The molecule has 0 amide bonds. The van der Waals surface area contributed by atoms with Gasteiger partial charge in [-0.25, -0.2) is 0 Å². The average molecular weight is 305 g/mol. The van der Waals surface area contributed by atoms with Crippen LogP contribution < -0.4 is 0 Å². The first kappa shape index (κ1) is 16.0. The second-order valence-corrected chi connectivity index (χ2v) is 8.87. The quantitative estimate of drug-likeness (QED) is 0.834. The van der Waals surface area contributed by atoms with E-state index in [1.807, 2.05) is 23.5 Å². The van der Waals surface area contributed by atoms with Crippen LogP contribution in [0.4, 0.5) is 0 Å². The van der Waals surface area contributed by atoms with Gasteiger partial charge in [0.05, 0.1) is 11.2 Å². The van der Waals surface area contributed by atoms with E-state index in [9.17, 15) is 10.2 Å². The maximum Gasteiger partial charge on any atom is 0.0934 e. The third-order valence-corrected chi connectivity index (χ3v) is 7.54. The highest BCUT2D eigenvalue weighted by Gasteiger charge is 2.51. The van der Waals surface area contributed by atoms with Crippen molar-refractivity contribution in [3.8, 4) is 0 Å². The minimum Gasteiger partial charge on any atom is -0.387 e. The largest absolute Gasteiger partial charge is 0.387 e. The van der Waals surface area contributed by atoms with Crippen LogP contribution in [0.5, 0.6) is 0 Å². The summed E-state index contributed by atoms with van der Waals surface area (Å²) in [6, 6.07) is 0. The maximum atomic E-state index is 10.9. The van der Waals surface area contributed by atoms with Gasteiger partial charge in [-0.2, -0.15) is 23.5 Å². The van der Waals surface area contributed by atoms with Crippen molar-refractivity contribution >= 4 is 23.5 Å². The second kappa shape index (κ2) is 6.59. The molecule has 19 heavy (non-hydrogen) atoms. The van der Waals surface area contributed by atoms with Gasteiger partial charge in [0, 0.05) is 10.5 Å². The van der Waals surface area contributed by atoms with E-state index in [1.165, 1.54) is 0 Å². The molecular formula is C15H28O2S2. The summed E-state index contributed by atoms with van der Waals surface area (Å²) in [5, 5.41) is 23.2. The van der Waals surface area contributed by atoms with Crippen molar-refractivity contribution in [1.29, 1.82) is 0 Å². The summed E-state index contributed by atoms with van der Waals surface area (Å²) in [7, 11) is 0. The van der Waals surface area contributed by atoms with Gasteiger partial charge in [-0.15, -0.1) is 0 Å². The van der Waals surface area contributed by atoms with Gasteiger partial charge in [-0.1, -0.05) is 6.92 Å². The normalized spacial score (nSPS) is 44.2. The van der Waals surface area contributed by atoms with Crippen LogP contribution in [-0.2, 0) is 0 Å². The Kier molecular flexibility index (Phi) is 5.55. The molecule has 0 aromatic carbocycles. The summed E-state index contributed by atoms with van der Waals surface area (Å²) in [6.07, 6.45) is 9.49. The fourth-order valence-corrected chi connectivity index (χ4v) is 5.45. The van der Waals surface area contributed by atoms with Gasteiger partial charge in [0.2, 0.25) is 0 Å². The summed E-state index contributed by atoms with van der Waals surface area (Å²) in [5.74, 6) is 1.16. The van der Waals surface area contributed by atoms with E-state index >= 15 is 0 Å². The summed E-state index contributed by atoms with van der Waals surface area (Å²) in [5.41, 5.74) is -1.64. The molecule has 2 aliphatic carbocycles. The van der Waals surface area contributed by atoms with Crippen LogP contribution >= 0.6 is 23.5 Å². The van der Waals surface area contributed by atoms with Crippen LogP contribution in [0.3, 0.4) is 0 Å². The molecule has 0 aromatic rings. The molecule has 0 unspecified atom stereocenters. The van der Waals surface area contributed by atoms with Crippen LogP contribution in [0, 0.1) is 0 Å². The first-order valence-corrected chi connectivity index (χ1v) is 9.96. The Hall–Kier alpha value is 0.620. The van der Waals surface area contributed by atoms with Crippen LogP contribution in [0.15, 0.2) is 0 Å². The molecule has 0 aromatic heterocycles. The molecule has 0 spiro atoms. The summed E-state index contributed by atoms with van der Waals surface area (Å²) in [4.78, 5) is 0. The molecule has 0 heterocycles. The minimum absolute atomic E-state index is 0.677. The zero-order valence-electron chi connectivity index (χ0n) is 12.2. The molecule has 0 aliphatic heterocycles. The molecule has 2 saturated carbocycles. The highest BCUT2D eigenvalue weighted by molar-refractivity contribution is 7.99. The number of aliphatic hydroxyl groups is 2. The zero-order valence-corrected chi connectivity index (χ0v) is 13.9. The molecule has 0 saturated heterocycles. The first-order valence-electron chi connectivity index (χ1n) is 7.62. The van der Waals surface area contributed by atoms with Crippen LogP contribution in [0.2, 0.25) is 0 Å². The molecular weight excluding hydrogens is 276 g/mol. The molecule has 2 aliphatic rings. The van der Waals surface area contributed by atoms with E-state index in [0.717, 1.165) is 57.1 Å². The predicted octanol–water partition coefficient (Wildman–Crippen LogP) is 3.45. The Bertz CT molecular complexity index is 280. The highest BCUT2D eigenvalue weighted by atomic mass is 32.2. The topological polar surface area (TPSA) is 40.5 Å². The second-order valence-electron chi connectivity index (χ2n) is 6.15. The van der Waals surface area contributed by atoms with Crippen LogP contribution in [0.1, 0.15) is 58.3 Å². The van der Waals surface area contributed by atoms with Crippen molar-refractivity contribution in [3.63, 3.8) is 0 Å². The fraction of sp³-hybridized carbons (Fsp3) is 1.00. The SMILES string of the molecule is CCSC1CCC(O)(C2(O)CCC(SC)CC2)CC1. The molecule has 112 valence electrons. The van der Waals surface area contributed by atoms with Gasteiger partial charge in [0.1, 0.15) is 0 Å². The Morgan fingerprint density at radius 3 is 1.68 bits per heavy atom. The van der Waals surface area contributed by atoms with Gasteiger partial charge in [0.25, 0.3) is 0 Å². The van der Waals surface area contributed by atoms with Gasteiger partial charge in [-0.3, -0.25) is 0 Å². The Morgan fingerprint density at radius 1 is 0.895 bits per heavy atom. The summed E-state index contributed by atoms with van der Waals surface area (Å²) in [6.45, 7) is 2.20. The van der Waals surface area contributed by atoms with E-state index < -0.39 is 11.2 Å². The monoisotopic (exact) mass is 304 g/mol. The molecule has 0 atom stereocenters. The van der Waals surface area contributed by atoms with E-state index in [2.05, 4.69) is 13.2 Å². The molecule has 2 fully saturated rings. The Labute approximate surface area is 126 Å². The Balaban J connectivity index is 1.93. The van der Waals surface area contributed by atoms with Crippen LogP contribution in [-0.4, -0.2) is 43.9 Å². The lowest BCUT2D eigenvalue weighted by Crippen LogP contribution is -2.57. The standard InChI is InChI=1S/C15H28O2S2/c1-3-19-13-6-10-15(17,11-7-13)14(16)8-4-12(18-2)5-9-14/h12-13,16-17H,3-11H2,1-2H3. The van der Waals surface area contributed by atoms with Crippen molar-refractivity contribution < 1.29 is 10.2 Å². The fourth-order valence-electron chi connectivity index (χ4n) is 3.71. The lowest BCUT2D eigenvalue weighted by atomic mass is 9.66. The molecule has 2 rings (SSSR count). The third-order valence-electron chi connectivity index (χ3n) is 5.12. The van der Waals surface area contributed by atoms with Gasteiger partial charge < -0.3 is 10.2 Å². The number of thioether (sulfide) groups is 2. The number of hydrogen-bond acceptors (Lipinski definition) is 4. The third kappa shape index (κ3) is 3.45. The Morgan fingerprint density at radius 2 is 1.32 bits per heavy atom. The molecule has 4 heteroatoms. The van der Waals surface area contributed by atoms with E-state index in [0.29, 0.717) is 10.5 Å². The molecule has 2 nitrogen and oxygen atoms in total. The van der Waals surface area contributed by atoms with Gasteiger partial charge in [0.15, 0.2) is 0 Å². The maximum absolute atomic E-state index is 10.9. The predicted molar refractivity (Wildman–Crippen MR) is 86.1 cm³/mol. The summed E-state index contributed by atoms with van der Waals surface area (Å²) < 4.78 is 0. The van der Waals surface area contributed by atoms with Crippen LogP contribution in [0.25, 0.3) is 0 Å². The number of hydrogen-bond donors (Lipinski definition) is 2. The van der Waals surface area contributed by atoms with Crippen molar-refractivity contribution in [1.82, 2.24) is 0 Å². The smallest absolute Gasteiger partial charge is 0.0934 e. The van der Waals surface area contributed by atoms with Crippen molar-refractivity contribution in [3.05, 3.63) is 0 Å². The van der Waals surface area contributed by atoms with Crippen molar-refractivity contribution in [2.45, 2.75) is 80.0 Å². The minimum atomic E-state index is -0.818. The van der Waals surface area contributed by atoms with E-state index in [4.69, 9.17) is 0 Å². The van der Waals surface area contributed by atoms with Crippen molar-refractivity contribution in [2.24, 2.45) is 0 Å². The van der Waals surface area contributed by atoms with Gasteiger partial charge >= 0.3 is 0 Å². The molecule has 2 N–H and O–H groups in total. The summed E-state index contributed by atoms with van der Waals surface area (Å²) >= 11 is 3.91. The highest BCUT2D eigenvalue weighted by Crippen LogP contribution is 2.47. The molecule has 0 radical (unpaired) electrons. The van der Waals surface area contributed by atoms with E-state index in [-0.39, 0.29) is 0 Å². The zero-order chi connectivity index (χ0) is 13.9.